The topological polar surface area (TPSA) is 92.4 Å². The molecule has 0 radical (unpaired) electrons. The Bertz CT molecular complexity index is 932. The van der Waals surface area contributed by atoms with Gasteiger partial charge in [-0.05, 0) is 50.6 Å². The molecule has 2 saturated heterocycles. The monoisotopic (exact) mass is 407 g/mol. The van der Waals surface area contributed by atoms with Crippen molar-refractivity contribution in [3.8, 4) is 0 Å². The van der Waals surface area contributed by atoms with Crippen molar-refractivity contribution in [2.75, 3.05) is 32.7 Å². The number of likely N-dealkylation sites (tertiary alicyclic amines) is 2. The van der Waals surface area contributed by atoms with E-state index in [-0.39, 0.29) is 17.2 Å². The van der Waals surface area contributed by atoms with Crippen LogP contribution in [0.25, 0.3) is 0 Å². The van der Waals surface area contributed by atoms with Gasteiger partial charge in [-0.1, -0.05) is 30.3 Å². The summed E-state index contributed by atoms with van der Waals surface area (Å²) in [5.74, 6) is 0.549. The van der Waals surface area contributed by atoms with Crippen molar-refractivity contribution in [3.05, 3.63) is 58.7 Å². The van der Waals surface area contributed by atoms with Crippen LogP contribution in [0.4, 0.5) is 0 Å². The summed E-state index contributed by atoms with van der Waals surface area (Å²) in [7, 11) is 0. The molecule has 7 nitrogen and oxygen atoms in total. The van der Waals surface area contributed by atoms with Crippen LogP contribution < -0.4 is 5.73 Å². The van der Waals surface area contributed by atoms with Gasteiger partial charge in [-0.3, -0.25) is 9.59 Å². The number of hydrogen-bond acceptors (Lipinski definition) is 5. The van der Waals surface area contributed by atoms with Gasteiger partial charge in [0.05, 0.1) is 11.3 Å². The van der Waals surface area contributed by atoms with Gasteiger partial charge in [0.15, 0.2) is 0 Å². The third-order valence-electron chi connectivity index (χ3n) is 6.28. The van der Waals surface area contributed by atoms with Crippen LogP contribution in [0.15, 0.2) is 30.3 Å². The number of aromatic nitrogens is 2. The second kappa shape index (κ2) is 8.52. The SMILES string of the molecule is Cc1nc(C)c(C(=O)N2CC3CN(CCCc4ccccc4)C[C@H]3C2)c(C(N)=O)n1. The predicted molar refractivity (Wildman–Crippen MR) is 114 cm³/mol. The fraction of sp³-hybridized carbons (Fsp3) is 0.478. The number of amides is 2. The molecule has 158 valence electrons. The van der Waals surface area contributed by atoms with Gasteiger partial charge in [0, 0.05) is 26.2 Å². The van der Waals surface area contributed by atoms with Crippen LogP contribution in [-0.2, 0) is 6.42 Å². The van der Waals surface area contributed by atoms with E-state index in [0.717, 1.165) is 32.5 Å². The highest BCUT2D eigenvalue weighted by atomic mass is 16.2. The molecule has 3 heterocycles. The fourth-order valence-corrected chi connectivity index (χ4v) is 4.90. The maximum absolute atomic E-state index is 13.2. The predicted octanol–water partition coefficient (Wildman–Crippen LogP) is 1.83. The summed E-state index contributed by atoms with van der Waals surface area (Å²) in [6.45, 7) is 7.99. The minimum atomic E-state index is -0.684. The summed E-state index contributed by atoms with van der Waals surface area (Å²) in [6.07, 6.45) is 2.24. The zero-order valence-corrected chi connectivity index (χ0v) is 17.7. The van der Waals surface area contributed by atoms with E-state index in [0.29, 0.717) is 36.4 Å². The van der Waals surface area contributed by atoms with Gasteiger partial charge in [0.1, 0.15) is 11.5 Å². The van der Waals surface area contributed by atoms with E-state index < -0.39 is 5.91 Å². The lowest BCUT2D eigenvalue weighted by Crippen LogP contribution is -2.35. The number of primary amides is 1. The van der Waals surface area contributed by atoms with Crippen molar-refractivity contribution < 1.29 is 9.59 Å². The van der Waals surface area contributed by atoms with Gasteiger partial charge in [-0.25, -0.2) is 9.97 Å². The molecule has 30 heavy (non-hydrogen) atoms. The van der Waals surface area contributed by atoms with E-state index in [4.69, 9.17) is 5.73 Å². The first kappa shape index (κ1) is 20.5. The number of fused-ring (bicyclic) bond motifs is 1. The van der Waals surface area contributed by atoms with Crippen molar-refractivity contribution in [1.82, 2.24) is 19.8 Å². The second-order valence-corrected chi connectivity index (χ2v) is 8.52. The number of benzene rings is 1. The molecule has 2 fully saturated rings. The van der Waals surface area contributed by atoms with E-state index in [1.54, 1.807) is 13.8 Å². The van der Waals surface area contributed by atoms with Crippen LogP contribution in [-0.4, -0.2) is 64.3 Å². The third-order valence-corrected chi connectivity index (χ3v) is 6.28. The molecule has 2 aromatic rings. The molecule has 2 aliphatic rings. The number of carbonyl (C=O) groups is 2. The minimum absolute atomic E-state index is 0.0320. The van der Waals surface area contributed by atoms with Crippen LogP contribution in [0.3, 0.4) is 0 Å². The highest BCUT2D eigenvalue weighted by Crippen LogP contribution is 2.32. The zero-order valence-electron chi connectivity index (χ0n) is 17.7. The second-order valence-electron chi connectivity index (χ2n) is 8.52. The Labute approximate surface area is 177 Å². The van der Waals surface area contributed by atoms with E-state index in [2.05, 4.69) is 45.2 Å². The molecule has 0 spiro atoms. The Morgan fingerprint density at radius 1 is 1.03 bits per heavy atom. The minimum Gasteiger partial charge on any atom is -0.364 e. The van der Waals surface area contributed by atoms with Crippen LogP contribution >= 0.6 is 0 Å². The molecular weight excluding hydrogens is 378 g/mol. The van der Waals surface area contributed by atoms with Gasteiger partial charge in [0.25, 0.3) is 11.8 Å². The molecule has 1 aromatic heterocycles. The van der Waals surface area contributed by atoms with Crippen LogP contribution in [0.1, 0.15) is 44.3 Å². The summed E-state index contributed by atoms with van der Waals surface area (Å²) < 4.78 is 0. The number of nitrogens with two attached hydrogens (primary N) is 1. The van der Waals surface area contributed by atoms with E-state index >= 15 is 0 Å². The van der Waals surface area contributed by atoms with E-state index in [9.17, 15) is 9.59 Å². The largest absolute Gasteiger partial charge is 0.364 e. The molecule has 0 aliphatic carbocycles. The number of hydrogen-bond donors (Lipinski definition) is 1. The zero-order chi connectivity index (χ0) is 21.3. The molecule has 2 amide bonds. The molecule has 7 heteroatoms. The quantitative estimate of drug-likeness (QED) is 0.789. The number of aryl methyl sites for hydroxylation is 3. The van der Waals surface area contributed by atoms with Crippen molar-refractivity contribution in [3.63, 3.8) is 0 Å². The maximum Gasteiger partial charge on any atom is 0.268 e. The lowest BCUT2D eigenvalue weighted by Gasteiger charge is -2.22. The average molecular weight is 408 g/mol. The Balaban J connectivity index is 1.34. The highest BCUT2D eigenvalue weighted by molar-refractivity contribution is 6.06. The normalized spacial score (nSPS) is 21.1. The van der Waals surface area contributed by atoms with E-state index in [1.807, 2.05) is 4.90 Å². The smallest absolute Gasteiger partial charge is 0.268 e. The van der Waals surface area contributed by atoms with Crippen LogP contribution in [0, 0.1) is 25.7 Å². The van der Waals surface area contributed by atoms with Gasteiger partial charge in [0.2, 0.25) is 0 Å². The molecule has 1 unspecified atom stereocenters. The molecule has 2 N–H and O–H groups in total. The van der Waals surface area contributed by atoms with Crippen molar-refractivity contribution in [2.45, 2.75) is 26.7 Å². The highest BCUT2D eigenvalue weighted by Gasteiger charge is 2.42. The van der Waals surface area contributed by atoms with Gasteiger partial charge in [-0.15, -0.1) is 0 Å². The molecule has 0 bridgehead atoms. The molecular formula is C23H29N5O2. The first-order valence-electron chi connectivity index (χ1n) is 10.6. The fourth-order valence-electron chi connectivity index (χ4n) is 4.90. The number of carbonyl (C=O) groups excluding carboxylic acids is 2. The Hall–Kier alpha value is -2.80. The van der Waals surface area contributed by atoms with Crippen molar-refractivity contribution in [1.29, 1.82) is 0 Å². The standard InChI is InChI=1S/C23H29N5O2/c1-15-20(21(22(24)29)26-16(2)25-15)23(30)28-13-18-11-27(12-19(18)14-28)10-6-9-17-7-4-3-5-8-17/h3-5,7-8,18-19H,6,9-14H2,1-2H3,(H2,24,29)/t18-,19?/m0/s1. The molecule has 0 saturated carbocycles. The molecule has 1 aromatic carbocycles. The number of nitrogens with zero attached hydrogens (tertiary/aromatic N) is 4. The first-order chi connectivity index (χ1) is 14.4. The van der Waals surface area contributed by atoms with Crippen molar-refractivity contribution >= 4 is 11.8 Å². The maximum atomic E-state index is 13.2. The molecule has 2 aliphatic heterocycles. The average Bonchev–Trinajstić information content (AvgIpc) is 3.26. The Morgan fingerprint density at radius 2 is 1.70 bits per heavy atom. The summed E-state index contributed by atoms with van der Waals surface area (Å²) in [4.78, 5) is 37.8. The van der Waals surface area contributed by atoms with E-state index in [1.165, 1.54) is 5.56 Å². The summed E-state index contributed by atoms with van der Waals surface area (Å²) >= 11 is 0. The van der Waals surface area contributed by atoms with Crippen LogP contribution in [0.2, 0.25) is 0 Å². The van der Waals surface area contributed by atoms with Crippen LogP contribution in [0.5, 0.6) is 0 Å². The summed E-state index contributed by atoms with van der Waals surface area (Å²) in [5, 5.41) is 0. The number of rotatable bonds is 6. The molecule has 4 rings (SSSR count). The van der Waals surface area contributed by atoms with Gasteiger partial charge >= 0.3 is 0 Å². The third kappa shape index (κ3) is 4.21. The summed E-state index contributed by atoms with van der Waals surface area (Å²) in [6, 6.07) is 10.6. The Morgan fingerprint density at radius 3 is 2.33 bits per heavy atom. The lowest BCUT2D eigenvalue weighted by molar-refractivity contribution is 0.0766. The lowest BCUT2D eigenvalue weighted by atomic mass is 10.0. The first-order valence-corrected chi connectivity index (χ1v) is 10.6. The molecule has 2 atom stereocenters. The summed E-state index contributed by atoms with van der Waals surface area (Å²) in [5.41, 5.74) is 7.67. The van der Waals surface area contributed by atoms with Gasteiger partial charge < -0.3 is 15.5 Å². The van der Waals surface area contributed by atoms with Gasteiger partial charge in [-0.2, -0.15) is 0 Å². The Kier molecular flexibility index (Phi) is 5.81. The van der Waals surface area contributed by atoms with Crippen molar-refractivity contribution in [2.24, 2.45) is 17.6 Å².